The molecule has 0 atom stereocenters. The Kier molecular flexibility index (Phi) is 26.3. The number of phenols is 3. The number of carbonyl (C=O) groups is 4. The van der Waals surface area contributed by atoms with Gasteiger partial charge in [0, 0.05) is 74.9 Å². The van der Waals surface area contributed by atoms with Crippen LogP contribution in [0.25, 0.3) is 0 Å². The molecule has 0 unspecified atom stereocenters. The van der Waals surface area contributed by atoms with E-state index < -0.39 is 23.6 Å². The van der Waals surface area contributed by atoms with Crippen molar-refractivity contribution in [3.05, 3.63) is 107 Å². The number of benzene rings is 4. The van der Waals surface area contributed by atoms with E-state index in [0.717, 1.165) is 0 Å². The molecule has 0 aliphatic rings. The minimum Gasteiger partial charge on any atom is -0.507 e. The number of hydrogen-bond acceptors (Lipinski definition) is 20. The van der Waals surface area contributed by atoms with E-state index in [1.807, 2.05) is 0 Å². The first-order chi connectivity index (χ1) is 34.6. The van der Waals surface area contributed by atoms with Gasteiger partial charge in [0.1, 0.15) is 40.1 Å². The van der Waals surface area contributed by atoms with Gasteiger partial charge in [-0.1, -0.05) is 82.0 Å². The Morgan fingerprint density at radius 2 is 0.750 bits per heavy atom. The van der Waals surface area contributed by atoms with Crippen molar-refractivity contribution < 1.29 is 60.1 Å². The first-order valence-electron chi connectivity index (χ1n) is 20.9. The van der Waals surface area contributed by atoms with E-state index in [0.29, 0.717) is 65.2 Å². The van der Waals surface area contributed by atoms with Crippen LogP contribution in [0.5, 0.6) is 28.7 Å². The number of nitrogens with one attached hydrogen (secondary N) is 4. The summed E-state index contributed by atoms with van der Waals surface area (Å²) in [6, 6.07) is 17.3. The Labute approximate surface area is 462 Å². The van der Waals surface area contributed by atoms with E-state index in [2.05, 4.69) is 106 Å². The van der Waals surface area contributed by atoms with E-state index in [4.69, 9.17) is 4.74 Å². The van der Waals surface area contributed by atoms with E-state index >= 15 is 0 Å². The Bertz CT molecular complexity index is 2690. The quantitative estimate of drug-likeness (QED) is 0.00851. The maximum absolute atomic E-state index is 12.9. The molecule has 20 nitrogen and oxygen atoms in total. The number of halogens is 4. The van der Waals surface area contributed by atoms with Crippen LogP contribution >= 0.6 is 107 Å². The smallest absolute Gasteiger partial charge is 0.269 e. The first kappa shape index (κ1) is 59.7. The number of carbonyl (C=O) groups excluding carboxylic acids is 4. The van der Waals surface area contributed by atoms with Crippen LogP contribution in [0.1, 0.15) is 22.3 Å². The number of hydrogen-bond donors (Lipinski definition) is 11. The van der Waals surface area contributed by atoms with Crippen LogP contribution in [-0.2, 0) is 44.9 Å². The van der Waals surface area contributed by atoms with Crippen LogP contribution in [0, 0.1) is 0 Å². The zero-order valence-corrected chi connectivity index (χ0v) is 47.1. The number of oxime groups is 4. The third-order valence-electron chi connectivity index (χ3n) is 9.40. The van der Waals surface area contributed by atoms with E-state index in [-0.39, 0.29) is 101 Å². The summed E-state index contributed by atoms with van der Waals surface area (Å²) in [7, 11) is 5.80. The van der Waals surface area contributed by atoms with Gasteiger partial charge in [0.2, 0.25) is 0 Å². The van der Waals surface area contributed by atoms with Crippen molar-refractivity contribution in [1.29, 1.82) is 0 Å². The van der Waals surface area contributed by atoms with E-state index in [1.54, 1.807) is 48.5 Å². The average molecular weight is 1330 g/mol. The number of nitrogens with zero attached hydrogens (tertiary/aromatic N) is 4. The summed E-state index contributed by atoms with van der Waals surface area (Å²) in [4.78, 5) is 50.7. The van der Waals surface area contributed by atoms with Crippen LogP contribution in [0.15, 0.2) is 105 Å². The van der Waals surface area contributed by atoms with E-state index in [9.17, 15) is 55.3 Å². The van der Waals surface area contributed by atoms with E-state index in [1.165, 1.54) is 61.4 Å². The molecule has 0 spiro atoms. The molecular formula is C44H46Br4N8O12S4. The Hall–Kier alpha value is -4.84. The second-order valence-electron chi connectivity index (χ2n) is 14.6. The molecule has 4 aromatic carbocycles. The fraction of sp³-hybridized carbons (Fsp3) is 0.273. The Balaban J connectivity index is 1.15. The molecule has 0 heterocycles. The molecule has 0 radical (unpaired) electrons. The minimum atomic E-state index is -0.618. The lowest BCUT2D eigenvalue weighted by atomic mass is 10.1. The lowest BCUT2D eigenvalue weighted by Crippen LogP contribution is -2.34. The van der Waals surface area contributed by atoms with Crippen molar-refractivity contribution in [3.63, 3.8) is 0 Å². The molecule has 0 aliphatic heterocycles. The van der Waals surface area contributed by atoms with Gasteiger partial charge in [0.25, 0.3) is 23.6 Å². The van der Waals surface area contributed by atoms with Crippen molar-refractivity contribution in [2.75, 3.05) is 49.2 Å². The monoisotopic (exact) mass is 1320 g/mol. The number of aromatic hydroxyl groups is 3. The molecule has 4 rings (SSSR count). The van der Waals surface area contributed by atoms with Crippen molar-refractivity contribution in [2.45, 2.75) is 25.7 Å². The van der Waals surface area contributed by atoms with Crippen LogP contribution in [0.3, 0.4) is 0 Å². The Morgan fingerprint density at radius 3 is 1.08 bits per heavy atom. The number of ether oxygens (including phenoxy) is 1. The number of rotatable bonds is 28. The molecule has 0 saturated heterocycles. The van der Waals surface area contributed by atoms with Gasteiger partial charge in [0.05, 0.1) is 17.9 Å². The van der Waals surface area contributed by atoms with Gasteiger partial charge in [-0.25, -0.2) is 0 Å². The maximum atomic E-state index is 12.9. The number of phenolic OH excluding ortho intramolecular Hbond substituents is 3. The largest absolute Gasteiger partial charge is 0.507 e. The standard InChI is InChI=1S/C44H46Br4N8O12S4/c45-28-15-24(1-4-36(28)57)19-32(53-64)41(60)49-7-11-69-70-13-9-51-43(62)34(55-66)21-26-3-6-38(30(47)17-26)68-39-23-27(18-31(48)40(39)59)22-35(56-67)44(63)52-10-14-72-71-12-8-50-42(61)33(54-65)20-25-2-5-37(58)29(46)16-25/h1-6,15-18,23,57-59,64-67H,7-14,19-22H2,(H,49,60)(H,50,61)(H,51,62)(H,52,63). The Morgan fingerprint density at radius 1 is 0.431 bits per heavy atom. The van der Waals surface area contributed by atoms with Gasteiger partial charge in [-0.3, -0.25) is 19.2 Å². The second-order valence-corrected chi connectivity index (χ2v) is 23.4. The van der Waals surface area contributed by atoms with Gasteiger partial charge in [-0.15, -0.1) is 0 Å². The highest BCUT2D eigenvalue weighted by molar-refractivity contribution is 9.11. The zero-order valence-electron chi connectivity index (χ0n) is 37.4. The molecule has 4 aromatic rings. The molecule has 28 heteroatoms. The lowest BCUT2D eigenvalue weighted by Gasteiger charge is -2.14. The summed E-state index contributed by atoms with van der Waals surface area (Å²) in [5.74, 6) is -0.0869. The highest BCUT2D eigenvalue weighted by Gasteiger charge is 2.20. The summed E-state index contributed by atoms with van der Waals surface area (Å²) in [6.45, 7) is 1.07. The van der Waals surface area contributed by atoms with Crippen molar-refractivity contribution in [3.8, 4) is 28.7 Å². The topological polar surface area (TPSA) is 317 Å². The molecule has 0 saturated carbocycles. The minimum absolute atomic E-state index is 0.0132. The average Bonchev–Trinajstić information content (AvgIpc) is 3.36. The highest BCUT2D eigenvalue weighted by atomic mass is 79.9. The lowest BCUT2D eigenvalue weighted by molar-refractivity contribution is -0.115. The molecule has 11 N–H and O–H groups in total. The third kappa shape index (κ3) is 19.9. The molecule has 0 fully saturated rings. The molecular weight excluding hydrogens is 1280 g/mol. The van der Waals surface area contributed by atoms with Gasteiger partial charge >= 0.3 is 0 Å². The van der Waals surface area contributed by atoms with Gasteiger partial charge in [-0.2, -0.15) is 0 Å². The summed E-state index contributed by atoms with van der Waals surface area (Å²) in [6.07, 6.45) is -0.0470. The predicted molar refractivity (Wildman–Crippen MR) is 295 cm³/mol. The summed E-state index contributed by atoms with van der Waals surface area (Å²) in [5.41, 5.74) is 1.85. The van der Waals surface area contributed by atoms with Crippen molar-refractivity contribution in [2.24, 2.45) is 20.6 Å². The fourth-order valence-electron chi connectivity index (χ4n) is 5.87. The van der Waals surface area contributed by atoms with Gasteiger partial charge in [0.15, 0.2) is 11.5 Å². The fourth-order valence-corrected chi connectivity index (χ4v) is 11.3. The first-order valence-corrected chi connectivity index (χ1v) is 29.1. The number of amides is 4. The van der Waals surface area contributed by atoms with Crippen LogP contribution in [-0.4, -0.2) is 132 Å². The molecule has 0 bridgehead atoms. The van der Waals surface area contributed by atoms with Gasteiger partial charge < -0.3 is 62.2 Å². The predicted octanol–water partition coefficient (Wildman–Crippen LogP) is 7.76. The van der Waals surface area contributed by atoms with Crippen LogP contribution < -0.4 is 26.0 Å². The van der Waals surface area contributed by atoms with Gasteiger partial charge in [-0.05, 0) is 135 Å². The second kappa shape index (κ2) is 31.7. The zero-order chi connectivity index (χ0) is 52.6. The van der Waals surface area contributed by atoms with Crippen molar-refractivity contribution in [1.82, 2.24) is 21.3 Å². The normalized spacial score (nSPS) is 12.1. The molecule has 4 amide bonds. The molecule has 0 aliphatic carbocycles. The SMILES string of the molecule is O=C(NCCSSCCNC(=O)C(Cc1ccc(Oc2cc(CC(=NO)C(=O)NCCSSCCNC(=O)C(Cc3ccc(O)c(Br)c3)=NO)cc(Br)c2O)c(Br)c1)=NO)C(Cc1ccc(O)c(Br)c1)=NO. The maximum Gasteiger partial charge on any atom is 0.269 e. The summed E-state index contributed by atoms with van der Waals surface area (Å²) >= 11 is 13.2. The van der Waals surface area contributed by atoms with Crippen LogP contribution in [0.4, 0.5) is 0 Å². The molecule has 0 aromatic heterocycles. The summed E-state index contributed by atoms with van der Waals surface area (Å²) in [5, 5.41) is 91.5. The highest BCUT2D eigenvalue weighted by Crippen LogP contribution is 2.40. The molecule has 72 heavy (non-hydrogen) atoms. The van der Waals surface area contributed by atoms with Crippen molar-refractivity contribution >= 4 is 153 Å². The van der Waals surface area contributed by atoms with Crippen LogP contribution in [0.2, 0.25) is 0 Å². The molecule has 386 valence electrons. The summed E-state index contributed by atoms with van der Waals surface area (Å²) < 4.78 is 7.59. The third-order valence-corrected chi connectivity index (χ3v) is 16.7.